The van der Waals surface area contributed by atoms with E-state index in [9.17, 15) is 0 Å². The molecule has 0 amide bonds. The summed E-state index contributed by atoms with van der Waals surface area (Å²) in [6.45, 7) is 6.63. The van der Waals surface area contributed by atoms with Crippen molar-refractivity contribution in [3.05, 3.63) is 149 Å². The summed E-state index contributed by atoms with van der Waals surface area (Å²) in [5.74, 6) is 0. The molecule has 0 saturated carbocycles. The van der Waals surface area contributed by atoms with Crippen molar-refractivity contribution >= 4 is 28.8 Å². The Kier molecular flexibility index (Phi) is 13.4. The second-order valence-electron chi connectivity index (χ2n) is 9.53. The zero-order valence-corrected chi connectivity index (χ0v) is 26.7. The predicted octanol–water partition coefficient (Wildman–Crippen LogP) is -3.69. The molecular formula is C33H31Cl3SiTi. The van der Waals surface area contributed by atoms with Gasteiger partial charge in [0.25, 0.3) is 0 Å². The van der Waals surface area contributed by atoms with Crippen LogP contribution in [0.4, 0.5) is 0 Å². The molecule has 5 heteroatoms. The maximum absolute atomic E-state index is 2.49. The summed E-state index contributed by atoms with van der Waals surface area (Å²) in [4.78, 5) is 0. The molecule has 0 aliphatic rings. The molecule has 0 N–H and O–H groups in total. The van der Waals surface area contributed by atoms with Gasteiger partial charge in [-0.05, 0) is 20.8 Å². The van der Waals surface area contributed by atoms with Gasteiger partial charge in [0, 0.05) is 0 Å². The molecule has 0 nitrogen and oxygen atoms in total. The van der Waals surface area contributed by atoms with E-state index < -0.39 is 8.07 Å². The van der Waals surface area contributed by atoms with E-state index >= 15 is 0 Å². The Morgan fingerprint density at radius 1 is 0.526 bits per heavy atom. The van der Waals surface area contributed by atoms with Crippen molar-refractivity contribution in [2.75, 3.05) is 0 Å². The van der Waals surface area contributed by atoms with Gasteiger partial charge in [0.05, 0.1) is 0 Å². The van der Waals surface area contributed by atoms with E-state index in [1.807, 2.05) is 0 Å². The molecule has 0 atom stereocenters. The molecule has 5 rings (SSSR count). The average molecular weight is 610 g/mol. The van der Waals surface area contributed by atoms with Crippen molar-refractivity contribution in [3.8, 4) is 0 Å². The standard InChI is InChI=1S/C33H31Si.3ClH.Ti/c1-25-10-7-15-30(20-25)34(31-16-8-11-26(2)21-31,32-17-9-12-27(3)22-32)33-19-18-29(24-33)23-28-13-5-4-6-14-28;;;;/h4-22,24H,23H2,1-3H3;3*1H;/q-1;;;;+4/p-3. The molecule has 192 valence electrons. The topological polar surface area (TPSA) is 0 Å². The molecule has 5 aromatic carbocycles. The molecule has 0 heterocycles. The minimum Gasteiger partial charge on any atom is -1.00 e. The first-order valence-corrected chi connectivity index (χ1v) is 14.1. The third-order valence-corrected chi connectivity index (χ3v) is 11.6. The second-order valence-corrected chi connectivity index (χ2v) is 13.3. The van der Waals surface area contributed by atoms with Crippen LogP contribution in [0, 0.1) is 20.8 Å². The van der Waals surface area contributed by atoms with Crippen LogP contribution >= 0.6 is 0 Å². The maximum Gasteiger partial charge on any atom is 4.00 e. The number of aryl methyl sites for hydroxylation is 3. The molecule has 0 radical (unpaired) electrons. The van der Waals surface area contributed by atoms with Crippen LogP contribution in [-0.2, 0) is 28.1 Å². The quantitative estimate of drug-likeness (QED) is 0.106. The smallest absolute Gasteiger partial charge is 1.00 e. The first-order valence-electron chi connectivity index (χ1n) is 12.1. The molecule has 0 unspecified atom stereocenters. The van der Waals surface area contributed by atoms with Gasteiger partial charge in [-0.2, -0.15) is 17.7 Å². The Balaban J connectivity index is 0.00000180. The molecule has 0 fully saturated rings. The monoisotopic (exact) mass is 608 g/mol. The molecule has 0 aromatic heterocycles. The van der Waals surface area contributed by atoms with E-state index in [1.165, 1.54) is 48.6 Å². The summed E-state index contributed by atoms with van der Waals surface area (Å²) >= 11 is 0. The van der Waals surface area contributed by atoms with Crippen LogP contribution in [0.2, 0.25) is 0 Å². The third-order valence-electron chi connectivity index (χ3n) is 6.86. The van der Waals surface area contributed by atoms with Crippen LogP contribution in [0.3, 0.4) is 0 Å². The number of halogens is 3. The zero-order chi connectivity index (χ0) is 23.5. The predicted molar refractivity (Wildman–Crippen MR) is 149 cm³/mol. The average Bonchev–Trinajstić information content (AvgIpc) is 3.29. The van der Waals surface area contributed by atoms with Gasteiger partial charge >= 0.3 is 21.7 Å². The first kappa shape index (κ1) is 34.1. The summed E-state index contributed by atoms with van der Waals surface area (Å²) in [6.07, 6.45) is 0.959. The van der Waals surface area contributed by atoms with Crippen LogP contribution in [0.5, 0.6) is 0 Å². The van der Waals surface area contributed by atoms with Crippen molar-refractivity contribution in [2.45, 2.75) is 27.2 Å². The fourth-order valence-corrected chi connectivity index (χ4v) is 10.4. The first-order chi connectivity index (χ1) is 16.6. The Hall–Kier alpha value is -1.97. The minimum absolute atomic E-state index is 0. The van der Waals surface area contributed by atoms with E-state index in [4.69, 9.17) is 0 Å². The van der Waals surface area contributed by atoms with E-state index in [2.05, 4.69) is 142 Å². The molecule has 5 aromatic rings. The summed E-state index contributed by atoms with van der Waals surface area (Å²) in [6, 6.07) is 45.6. The van der Waals surface area contributed by atoms with Crippen LogP contribution in [0.15, 0.2) is 121 Å². The van der Waals surface area contributed by atoms with Crippen molar-refractivity contribution in [1.82, 2.24) is 0 Å². The number of benzene rings is 4. The van der Waals surface area contributed by atoms with Crippen LogP contribution in [0.1, 0.15) is 27.8 Å². The SMILES string of the molecule is Cc1cccc([Si](c2cccc(C)c2)(c2cccc(C)c2)[c-]2ccc(Cc3ccccc3)c2)c1.[Cl-].[Cl-].[Cl-].[Ti+4]. The Morgan fingerprint density at radius 2 is 0.974 bits per heavy atom. The zero-order valence-electron chi connectivity index (χ0n) is 21.9. The molecule has 38 heavy (non-hydrogen) atoms. The number of rotatable bonds is 6. The van der Waals surface area contributed by atoms with E-state index in [0.29, 0.717) is 0 Å². The Bertz CT molecular complexity index is 1320. The molecule has 0 bridgehead atoms. The van der Waals surface area contributed by atoms with Gasteiger partial charge in [-0.15, -0.1) is 5.19 Å². The molecular weight excluding hydrogens is 579 g/mol. The van der Waals surface area contributed by atoms with Crippen molar-refractivity contribution in [1.29, 1.82) is 0 Å². The summed E-state index contributed by atoms with van der Waals surface area (Å²) in [5.41, 5.74) is 6.67. The molecule has 0 saturated heterocycles. The van der Waals surface area contributed by atoms with Crippen molar-refractivity contribution < 1.29 is 58.9 Å². The number of hydrogen-bond acceptors (Lipinski definition) is 0. The fourth-order valence-electron chi connectivity index (χ4n) is 5.30. The van der Waals surface area contributed by atoms with E-state index in [-0.39, 0.29) is 58.9 Å². The third kappa shape index (κ3) is 6.96. The Morgan fingerprint density at radius 3 is 1.39 bits per heavy atom. The van der Waals surface area contributed by atoms with Gasteiger partial charge in [-0.25, -0.2) is 6.07 Å². The van der Waals surface area contributed by atoms with Crippen LogP contribution in [-0.4, -0.2) is 8.07 Å². The Labute approximate surface area is 262 Å². The fraction of sp³-hybridized carbons (Fsp3) is 0.121. The summed E-state index contributed by atoms with van der Waals surface area (Å²) in [7, 11) is -2.49. The second kappa shape index (κ2) is 15.0. The summed E-state index contributed by atoms with van der Waals surface area (Å²) < 4.78 is 0. The van der Waals surface area contributed by atoms with E-state index in [0.717, 1.165) is 6.42 Å². The van der Waals surface area contributed by atoms with Crippen LogP contribution in [0.25, 0.3) is 0 Å². The minimum atomic E-state index is -2.49. The number of hydrogen-bond donors (Lipinski definition) is 0. The van der Waals surface area contributed by atoms with E-state index in [1.54, 1.807) is 0 Å². The van der Waals surface area contributed by atoms with Gasteiger partial charge in [-0.1, -0.05) is 147 Å². The molecule has 0 aliphatic heterocycles. The van der Waals surface area contributed by atoms with Gasteiger partial charge in [0.15, 0.2) is 0 Å². The van der Waals surface area contributed by atoms with Gasteiger partial charge in [0.2, 0.25) is 0 Å². The van der Waals surface area contributed by atoms with Gasteiger partial charge in [0.1, 0.15) is 8.07 Å². The largest absolute Gasteiger partial charge is 4.00 e. The normalized spacial score (nSPS) is 10.3. The molecule has 0 spiro atoms. The maximum atomic E-state index is 2.48. The van der Waals surface area contributed by atoms with Gasteiger partial charge < -0.3 is 37.2 Å². The summed E-state index contributed by atoms with van der Waals surface area (Å²) in [5, 5.41) is 5.79. The van der Waals surface area contributed by atoms with Gasteiger partial charge in [-0.3, -0.25) is 0 Å². The molecule has 0 aliphatic carbocycles. The van der Waals surface area contributed by atoms with Crippen molar-refractivity contribution in [3.63, 3.8) is 0 Å². The van der Waals surface area contributed by atoms with Crippen molar-refractivity contribution in [2.24, 2.45) is 0 Å². The van der Waals surface area contributed by atoms with Crippen LogP contribution < -0.4 is 58.0 Å².